The van der Waals surface area contributed by atoms with Crippen LogP contribution in [0, 0.1) is 0 Å². The molecule has 0 aliphatic rings. The van der Waals surface area contributed by atoms with E-state index in [1.807, 2.05) is 24.3 Å². The Balaban J connectivity index is 2.26. The van der Waals surface area contributed by atoms with Crippen LogP contribution in [0.1, 0.15) is 5.56 Å². The number of phenolic OH excluding ortho intramolecular Hbond substituents is 1. The fraction of sp³-hybridized carbons (Fsp3) is 0.100. The number of hydrogen-bond acceptors (Lipinski definition) is 2. The number of methoxy groups -OCH3 is 1. The van der Waals surface area contributed by atoms with Crippen LogP contribution < -0.4 is 4.74 Å². The summed E-state index contributed by atoms with van der Waals surface area (Å²) in [5, 5.41) is 12.5. The molecule has 0 saturated heterocycles. The molecule has 0 saturated carbocycles. The van der Waals surface area contributed by atoms with Crippen molar-refractivity contribution in [2.24, 2.45) is 0 Å². The molecular weight excluding hydrogens is 272 g/mol. The normalized spacial score (nSPS) is 10.6. The Morgan fingerprint density at radius 2 is 1.82 bits per heavy atom. The summed E-state index contributed by atoms with van der Waals surface area (Å²) >= 11 is 0. The Kier molecular flexibility index (Phi) is 3.84. The second-order valence-corrected chi connectivity index (χ2v) is 5.20. The molecular formula is C20H18O2. The van der Waals surface area contributed by atoms with Crippen LogP contribution >= 0.6 is 0 Å². The minimum atomic E-state index is 0.195. The van der Waals surface area contributed by atoms with Crippen molar-refractivity contribution in [1.29, 1.82) is 0 Å². The summed E-state index contributed by atoms with van der Waals surface area (Å²) in [6, 6.07) is 18.3. The molecule has 0 amide bonds. The van der Waals surface area contributed by atoms with Gasteiger partial charge in [-0.2, -0.15) is 0 Å². The fourth-order valence-electron chi connectivity index (χ4n) is 2.75. The summed E-state index contributed by atoms with van der Waals surface area (Å²) in [6.45, 7) is 3.79. The Labute approximate surface area is 130 Å². The van der Waals surface area contributed by atoms with Crippen molar-refractivity contribution < 1.29 is 9.84 Å². The van der Waals surface area contributed by atoms with Crippen LogP contribution in [0.25, 0.3) is 21.9 Å². The van der Waals surface area contributed by atoms with Gasteiger partial charge in [0, 0.05) is 5.56 Å². The van der Waals surface area contributed by atoms with Crippen molar-refractivity contribution in [3.63, 3.8) is 0 Å². The Hall–Kier alpha value is -2.74. The fourth-order valence-corrected chi connectivity index (χ4v) is 2.75. The molecule has 0 unspecified atom stereocenters. The lowest BCUT2D eigenvalue weighted by atomic mass is 9.96. The van der Waals surface area contributed by atoms with Gasteiger partial charge in [0.05, 0.1) is 7.11 Å². The molecule has 2 nitrogen and oxygen atoms in total. The maximum atomic E-state index is 10.4. The molecule has 1 N–H and O–H groups in total. The number of benzene rings is 3. The summed E-state index contributed by atoms with van der Waals surface area (Å²) < 4.78 is 5.27. The summed E-state index contributed by atoms with van der Waals surface area (Å²) in [5.74, 6) is 0.692. The Bertz CT molecular complexity index is 820. The zero-order chi connectivity index (χ0) is 15.5. The smallest absolute Gasteiger partial charge is 0.161 e. The minimum absolute atomic E-state index is 0.195. The number of rotatable bonds is 4. The highest BCUT2D eigenvalue weighted by molar-refractivity contribution is 5.93. The maximum absolute atomic E-state index is 10.4. The molecule has 0 spiro atoms. The number of hydrogen-bond donors (Lipinski definition) is 1. The molecule has 0 aliphatic carbocycles. The summed E-state index contributed by atoms with van der Waals surface area (Å²) in [7, 11) is 1.57. The SMILES string of the molecule is C=CCc1c(O)c(OC)cc2ccc(-c3ccccc3)cc12. The van der Waals surface area contributed by atoms with Crippen molar-refractivity contribution in [2.75, 3.05) is 7.11 Å². The predicted molar refractivity (Wildman–Crippen MR) is 91.5 cm³/mol. The van der Waals surface area contributed by atoms with Crippen LogP contribution in [-0.4, -0.2) is 12.2 Å². The molecule has 22 heavy (non-hydrogen) atoms. The first-order chi connectivity index (χ1) is 10.7. The van der Waals surface area contributed by atoms with E-state index in [-0.39, 0.29) is 5.75 Å². The highest BCUT2D eigenvalue weighted by Gasteiger charge is 2.13. The van der Waals surface area contributed by atoms with Crippen LogP contribution in [-0.2, 0) is 6.42 Å². The van der Waals surface area contributed by atoms with Crippen molar-refractivity contribution in [2.45, 2.75) is 6.42 Å². The van der Waals surface area contributed by atoms with Gasteiger partial charge in [-0.25, -0.2) is 0 Å². The van der Waals surface area contributed by atoms with E-state index in [1.54, 1.807) is 13.2 Å². The van der Waals surface area contributed by atoms with E-state index in [0.29, 0.717) is 12.2 Å². The van der Waals surface area contributed by atoms with Gasteiger partial charge >= 0.3 is 0 Å². The van der Waals surface area contributed by atoms with Gasteiger partial charge in [0.25, 0.3) is 0 Å². The van der Waals surface area contributed by atoms with Crippen molar-refractivity contribution in [3.05, 3.63) is 72.8 Å². The van der Waals surface area contributed by atoms with E-state index in [9.17, 15) is 5.11 Å². The van der Waals surface area contributed by atoms with Crippen LogP contribution in [0.4, 0.5) is 0 Å². The van der Waals surface area contributed by atoms with Gasteiger partial charge in [-0.3, -0.25) is 0 Å². The quantitative estimate of drug-likeness (QED) is 0.689. The van der Waals surface area contributed by atoms with Gasteiger partial charge in [-0.05, 0) is 40.5 Å². The number of allylic oxidation sites excluding steroid dienone is 1. The van der Waals surface area contributed by atoms with Gasteiger partial charge in [-0.15, -0.1) is 6.58 Å². The molecule has 0 heterocycles. The molecule has 0 radical (unpaired) electrons. The molecule has 0 aromatic heterocycles. The molecule has 2 heteroatoms. The van der Waals surface area contributed by atoms with Gasteiger partial charge < -0.3 is 9.84 Å². The van der Waals surface area contributed by atoms with E-state index >= 15 is 0 Å². The zero-order valence-corrected chi connectivity index (χ0v) is 12.5. The van der Waals surface area contributed by atoms with Crippen molar-refractivity contribution in [1.82, 2.24) is 0 Å². The number of phenols is 1. The lowest BCUT2D eigenvalue weighted by Crippen LogP contribution is -1.92. The van der Waals surface area contributed by atoms with Gasteiger partial charge in [0.15, 0.2) is 11.5 Å². The third-order valence-corrected chi connectivity index (χ3v) is 3.86. The Morgan fingerprint density at radius 1 is 1.05 bits per heavy atom. The lowest BCUT2D eigenvalue weighted by Gasteiger charge is -2.13. The average Bonchev–Trinajstić information content (AvgIpc) is 2.57. The molecule has 0 fully saturated rings. The molecule has 3 aromatic carbocycles. The van der Waals surface area contributed by atoms with E-state index in [0.717, 1.165) is 27.5 Å². The highest BCUT2D eigenvalue weighted by atomic mass is 16.5. The van der Waals surface area contributed by atoms with E-state index in [2.05, 4.69) is 36.9 Å². The monoisotopic (exact) mass is 290 g/mol. The highest BCUT2D eigenvalue weighted by Crippen LogP contribution is 2.38. The van der Waals surface area contributed by atoms with Crippen LogP contribution in [0.5, 0.6) is 11.5 Å². The molecule has 110 valence electrons. The maximum Gasteiger partial charge on any atom is 0.161 e. The van der Waals surface area contributed by atoms with E-state index in [4.69, 9.17) is 4.74 Å². The number of aromatic hydroxyl groups is 1. The molecule has 3 aromatic rings. The van der Waals surface area contributed by atoms with Crippen LogP contribution in [0.15, 0.2) is 67.3 Å². The van der Waals surface area contributed by atoms with Crippen LogP contribution in [0.3, 0.4) is 0 Å². The zero-order valence-electron chi connectivity index (χ0n) is 12.5. The second kappa shape index (κ2) is 5.94. The summed E-state index contributed by atoms with van der Waals surface area (Å²) in [4.78, 5) is 0. The number of ether oxygens (including phenoxy) is 1. The standard InChI is InChI=1S/C20H18O2/c1-3-7-17-18-12-15(14-8-5-4-6-9-14)10-11-16(18)13-19(22-2)20(17)21/h3-6,8-13,21H,1,7H2,2H3. The molecule has 3 rings (SSSR count). The molecule has 0 atom stereocenters. The van der Waals surface area contributed by atoms with Crippen molar-refractivity contribution in [3.8, 4) is 22.6 Å². The summed E-state index contributed by atoms with van der Waals surface area (Å²) in [6.07, 6.45) is 2.39. The van der Waals surface area contributed by atoms with E-state index in [1.165, 1.54) is 0 Å². The van der Waals surface area contributed by atoms with Crippen molar-refractivity contribution >= 4 is 10.8 Å². The average molecular weight is 290 g/mol. The van der Waals surface area contributed by atoms with Gasteiger partial charge in [0.2, 0.25) is 0 Å². The third kappa shape index (κ3) is 2.44. The first-order valence-corrected chi connectivity index (χ1v) is 7.23. The molecule has 0 bridgehead atoms. The van der Waals surface area contributed by atoms with Gasteiger partial charge in [-0.1, -0.05) is 48.5 Å². The topological polar surface area (TPSA) is 29.5 Å². The lowest BCUT2D eigenvalue weighted by molar-refractivity contribution is 0.372. The van der Waals surface area contributed by atoms with Crippen LogP contribution in [0.2, 0.25) is 0 Å². The molecule has 0 aliphatic heterocycles. The first-order valence-electron chi connectivity index (χ1n) is 7.23. The third-order valence-electron chi connectivity index (χ3n) is 3.86. The largest absolute Gasteiger partial charge is 0.504 e. The first kappa shape index (κ1) is 14.2. The second-order valence-electron chi connectivity index (χ2n) is 5.20. The summed E-state index contributed by atoms with van der Waals surface area (Å²) in [5.41, 5.74) is 3.13. The van der Waals surface area contributed by atoms with E-state index < -0.39 is 0 Å². The number of fused-ring (bicyclic) bond motifs is 1. The minimum Gasteiger partial charge on any atom is -0.504 e. The predicted octanol–water partition coefficient (Wildman–Crippen LogP) is 4.95. The van der Waals surface area contributed by atoms with Gasteiger partial charge in [0.1, 0.15) is 0 Å². The Morgan fingerprint density at radius 3 is 2.50 bits per heavy atom.